The number of hydrogen-bond acceptors (Lipinski definition) is 2. The van der Waals surface area contributed by atoms with Crippen LogP contribution in [-0.2, 0) is 0 Å². The number of aliphatic hydroxyl groups excluding tert-OH is 1. The van der Waals surface area contributed by atoms with Gasteiger partial charge in [-0.25, -0.2) is 4.98 Å². The quantitative estimate of drug-likeness (QED) is 0.795. The van der Waals surface area contributed by atoms with Gasteiger partial charge in [-0.3, -0.25) is 0 Å². The third kappa shape index (κ3) is 4.52. The minimum atomic E-state index is -0.481. The molecule has 0 amide bonds. The molecule has 1 atom stereocenters. The summed E-state index contributed by atoms with van der Waals surface area (Å²) in [7, 11) is 0. The Morgan fingerprint density at radius 1 is 1.25 bits per heavy atom. The van der Waals surface area contributed by atoms with Gasteiger partial charge in [0.05, 0.1) is 11.8 Å². The average molecular weight is 351 g/mol. The van der Waals surface area contributed by atoms with Crippen LogP contribution in [0.25, 0.3) is 0 Å². The third-order valence-corrected chi connectivity index (χ3v) is 3.53. The van der Waals surface area contributed by atoms with Gasteiger partial charge in [0.1, 0.15) is 4.60 Å². The fraction of sp³-hybridized carbons (Fsp3) is 0.583. The lowest BCUT2D eigenvalue weighted by molar-refractivity contribution is 0.156. The number of aromatic nitrogens is 1. The van der Waals surface area contributed by atoms with Crippen molar-refractivity contribution in [1.82, 2.24) is 4.98 Å². The van der Waals surface area contributed by atoms with E-state index in [1.165, 1.54) is 0 Å². The number of aliphatic hydroxyl groups is 1. The second kappa shape index (κ2) is 6.72. The Labute approximate surface area is 114 Å². The molecule has 90 valence electrons. The second-order valence-corrected chi connectivity index (χ2v) is 6.01. The molecule has 1 unspecified atom stereocenters. The minimum Gasteiger partial charge on any atom is -0.387 e. The van der Waals surface area contributed by atoms with Crippen molar-refractivity contribution >= 4 is 31.9 Å². The van der Waals surface area contributed by atoms with Crippen LogP contribution in [0, 0.1) is 5.92 Å². The van der Waals surface area contributed by atoms with E-state index in [0.29, 0.717) is 5.92 Å². The van der Waals surface area contributed by atoms with Crippen molar-refractivity contribution in [3.8, 4) is 0 Å². The Morgan fingerprint density at radius 2 is 1.94 bits per heavy atom. The summed E-state index contributed by atoms with van der Waals surface area (Å²) in [5, 5.41) is 10.0. The highest BCUT2D eigenvalue weighted by Crippen LogP contribution is 2.27. The largest absolute Gasteiger partial charge is 0.387 e. The number of nitrogens with zero attached hydrogens (tertiary/aromatic N) is 1. The minimum absolute atomic E-state index is 0.481. The lowest BCUT2D eigenvalue weighted by Crippen LogP contribution is -2.02. The van der Waals surface area contributed by atoms with Gasteiger partial charge in [-0.15, -0.1) is 0 Å². The van der Waals surface area contributed by atoms with Gasteiger partial charge in [0.15, 0.2) is 0 Å². The third-order valence-electron chi connectivity index (χ3n) is 2.41. The van der Waals surface area contributed by atoms with E-state index in [2.05, 4.69) is 50.7 Å². The fourth-order valence-electron chi connectivity index (χ4n) is 1.52. The molecule has 0 aliphatic heterocycles. The number of hydrogen-bond donors (Lipinski definition) is 1. The van der Waals surface area contributed by atoms with E-state index in [-0.39, 0.29) is 0 Å². The molecular weight excluding hydrogens is 334 g/mol. The molecule has 1 aromatic rings. The van der Waals surface area contributed by atoms with Crippen LogP contribution in [0.3, 0.4) is 0 Å². The van der Waals surface area contributed by atoms with Crippen LogP contribution in [0.5, 0.6) is 0 Å². The van der Waals surface area contributed by atoms with Crippen LogP contribution in [-0.4, -0.2) is 10.1 Å². The van der Waals surface area contributed by atoms with Gasteiger partial charge < -0.3 is 5.11 Å². The van der Waals surface area contributed by atoms with Gasteiger partial charge in [0.2, 0.25) is 0 Å². The fourth-order valence-corrected chi connectivity index (χ4v) is 2.33. The van der Waals surface area contributed by atoms with Crippen LogP contribution in [0.2, 0.25) is 0 Å². The average Bonchev–Trinajstić information content (AvgIpc) is 2.21. The number of halogens is 2. The van der Waals surface area contributed by atoms with E-state index in [1.54, 1.807) is 0 Å². The van der Waals surface area contributed by atoms with Crippen LogP contribution in [0.4, 0.5) is 0 Å². The number of pyridine rings is 1. The van der Waals surface area contributed by atoms with E-state index in [0.717, 1.165) is 34.0 Å². The van der Waals surface area contributed by atoms with E-state index in [1.807, 2.05) is 12.1 Å². The topological polar surface area (TPSA) is 33.1 Å². The molecule has 0 spiro atoms. The number of rotatable bonds is 5. The first kappa shape index (κ1) is 14.1. The molecule has 0 aromatic carbocycles. The maximum absolute atomic E-state index is 10.0. The maximum Gasteiger partial charge on any atom is 0.106 e. The first-order chi connectivity index (χ1) is 7.50. The molecule has 0 bridgehead atoms. The Hall–Kier alpha value is 0.0700. The summed E-state index contributed by atoms with van der Waals surface area (Å²) in [4.78, 5) is 4.29. The molecule has 2 nitrogen and oxygen atoms in total. The maximum atomic E-state index is 10.0. The predicted octanol–water partition coefficient (Wildman–Crippen LogP) is 4.47. The van der Waals surface area contributed by atoms with E-state index in [4.69, 9.17) is 0 Å². The van der Waals surface area contributed by atoms with Crippen molar-refractivity contribution in [2.45, 2.75) is 39.2 Å². The molecular formula is C12H17Br2NO. The van der Waals surface area contributed by atoms with Gasteiger partial charge in [0, 0.05) is 4.47 Å². The highest BCUT2D eigenvalue weighted by atomic mass is 79.9. The SMILES string of the molecule is CC(C)CCCC(O)c1nc(Br)ccc1Br. The van der Waals surface area contributed by atoms with Gasteiger partial charge in [-0.05, 0) is 56.3 Å². The monoisotopic (exact) mass is 349 g/mol. The smallest absolute Gasteiger partial charge is 0.106 e. The van der Waals surface area contributed by atoms with Gasteiger partial charge >= 0.3 is 0 Å². The normalized spacial score (nSPS) is 13.1. The van der Waals surface area contributed by atoms with Crippen molar-refractivity contribution in [1.29, 1.82) is 0 Å². The lowest BCUT2D eigenvalue weighted by Gasteiger charge is -2.12. The van der Waals surface area contributed by atoms with Gasteiger partial charge in [0.25, 0.3) is 0 Å². The molecule has 16 heavy (non-hydrogen) atoms. The summed E-state index contributed by atoms with van der Waals surface area (Å²) in [6, 6.07) is 3.76. The van der Waals surface area contributed by atoms with Gasteiger partial charge in [-0.1, -0.05) is 26.7 Å². The van der Waals surface area contributed by atoms with E-state index >= 15 is 0 Å². The van der Waals surface area contributed by atoms with Crippen molar-refractivity contribution in [3.63, 3.8) is 0 Å². The Kier molecular flexibility index (Phi) is 5.94. The summed E-state index contributed by atoms with van der Waals surface area (Å²) in [6.45, 7) is 4.39. The summed E-state index contributed by atoms with van der Waals surface area (Å²) < 4.78 is 1.63. The molecule has 1 rings (SSSR count). The molecule has 0 aliphatic rings. The first-order valence-electron chi connectivity index (χ1n) is 5.50. The highest BCUT2D eigenvalue weighted by Gasteiger charge is 2.13. The molecule has 0 aliphatic carbocycles. The molecule has 1 aromatic heterocycles. The van der Waals surface area contributed by atoms with Crippen LogP contribution in [0.1, 0.15) is 44.9 Å². The zero-order chi connectivity index (χ0) is 12.1. The summed E-state index contributed by atoms with van der Waals surface area (Å²) in [5.74, 6) is 0.686. The van der Waals surface area contributed by atoms with Crippen molar-refractivity contribution in [2.75, 3.05) is 0 Å². The summed E-state index contributed by atoms with van der Waals surface area (Å²) in [5.41, 5.74) is 0.720. The molecule has 0 saturated heterocycles. The molecule has 0 saturated carbocycles. The van der Waals surface area contributed by atoms with Gasteiger partial charge in [-0.2, -0.15) is 0 Å². The molecule has 1 N–H and O–H groups in total. The summed E-state index contributed by atoms with van der Waals surface area (Å²) >= 11 is 6.72. The first-order valence-corrected chi connectivity index (χ1v) is 7.09. The molecule has 1 heterocycles. The zero-order valence-corrected chi connectivity index (χ0v) is 12.8. The molecule has 4 heteroatoms. The standard InChI is InChI=1S/C12H17Br2NO/c1-8(2)4-3-5-10(16)12-9(13)6-7-11(14)15-12/h6-8,10,16H,3-5H2,1-2H3. The van der Waals surface area contributed by atoms with Crippen molar-refractivity contribution in [3.05, 3.63) is 26.9 Å². The lowest BCUT2D eigenvalue weighted by atomic mass is 10.0. The Bertz CT molecular complexity index is 342. The van der Waals surface area contributed by atoms with Crippen LogP contribution < -0.4 is 0 Å². The zero-order valence-electron chi connectivity index (χ0n) is 9.58. The van der Waals surface area contributed by atoms with Crippen molar-refractivity contribution in [2.24, 2.45) is 5.92 Å². The van der Waals surface area contributed by atoms with Crippen molar-refractivity contribution < 1.29 is 5.11 Å². The van der Waals surface area contributed by atoms with E-state index in [9.17, 15) is 5.11 Å². The second-order valence-electron chi connectivity index (χ2n) is 4.34. The molecule has 0 fully saturated rings. The predicted molar refractivity (Wildman–Crippen MR) is 73.3 cm³/mol. The molecule has 0 radical (unpaired) electrons. The highest BCUT2D eigenvalue weighted by molar-refractivity contribution is 9.11. The Morgan fingerprint density at radius 3 is 2.56 bits per heavy atom. The van der Waals surface area contributed by atoms with Crippen LogP contribution >= 0.6 is 31.9 Å². The van der Waals surface area contributed by atoms with Crippen LogP contribution in [0.15, 0.2) is 21.2 Å². The Balaban J connectivity index is 2.58. The van der Waals surface area contributed by atoms with E-state index < -0.39 is 6.10 Å². The summed E-state index contributed by atoms with van der Waals surface area (Å²) in [6.07, 6.45) is 2.45.